The minimum atomic E-state index is -0.986. The summed E-state index contributed by atoms with van der Waals surface area (Å²) in [6.07, 6.45) is 10.5. The van der Waals surface area contributed by atoms with Crippen LogP contribution in [0.4, 0.5) is 5.69 Å². The van der Waals surface area contributed by atoms with E-state index in [4.69, 9.17) is 5.73 Å². The fourth-order valence-corrected chi connectivity index (χ4v) is 1.33. The van der Waals surface area contributed by atoms with Crippen LogP contribution in [0.2, 0.25) is 0 Å². The Morgan fingerprint density at radius 3 is 1.79 bits per heavy atom. The molecule has 3 N–H and O–H groups in total. The lowest BCUT2D eigenvalue weighted by atomic mass is 10.2. The molecule has 0 aromatic heterocycles. The zero-order chi connectivity index (χ0) is 23.7. The zero-order valence-electron chi connectivity index (χ0n) is 20.1. The minimum absolute atomic E-state index is 0.564. The maximum atomic E-state index is 10.8. The quantitative estimate of drug-likeness (QED) is 0.420. The van der Waals surface area contributed by atoms with Crippen molar-refractivity contribution in [3.05, 3.63) is 66.3 Å². The van der Waals surface area contributed by atoms with E-state index < -0.39 is 11.8 Å². The van der Waals surface area contributed by atoms with Gasteiger partial charge in [-0.15, -0.1) is 0 Å². The molecule has 0 heterocycles. The highest BCUT2D eigenvalue weighted by molar-refractivity contribution is 6.39. The molecule has 0 saturated carbocycles. The Bertz CT molecular complexity index is 569. The number of hydrogen-bond donors (Lipinski definition) is 2. The Morgan fingerprint density at radius 1 is 1.03 bits per heavy atom. The van der Waals surface area contributed by atoms with Gasteiger partial charge in [0.2, 0.25) is 0 Å². The first-order valence-electron chi connectivity index (χ1n) is 10.4. The lowest BCUT2D eigenvalue weighted by Gasteiger charge is -2.01. The highest BCUT2D eigenvalue weighted by Crippen LogP contribution is 2.07. The number of primary amides is 1. The van der Waals surface area contributed by atoms with Gasteiger partial charge in [-0.3, -0.25) is 9.59 Å². The van der Waals surface area contributed by atoms with E-state index >= 15 is 0 Å². The molecule has 1 rings (SSSR count). The topological polar surface area (TPSA) is 72.2 Å². The summed E-state index contributed by atoms with van der Waals surface area (Å²) in [6, 6.07) is 7.07. The van der Waals surface area contributed by atoms with E-state index in [9.17, 15) is 9.59 Å². The molecule has 0 aliphatic carbocycles. The first kappa shape index (κ1) is 33.9. The number of amides is 2. The van der Waals surface area contributed by atoms with Crippen LogP contribution in [-0.4, -0.2) is 11.8 Å². The van der Waals surface area contributed by atoms with Gasteiger partial charge in [-0.05, 0) is 32.9 Å². The molecule has 0 spiro atoms. The van der Waals surface area contributed by atoms with Crippen molar-refractivity contribution >= 4 is 17.5 Å². The average molecular weight is 405 g/mol. The third-order valence-electron chi connectivity index (χ3n) is 2.84. The van der Waals surface area contributed by atoms with Gasteiger partial charge in [0.15, 0.2) is 0 Å². The molecule has 29 heavy (non-hydrogen) atoms. The lowest BCUT2D eigenvalue weighted by Crippen LogP contribution is -2.29. The molecular formula is C25H44N2O2. The van der Waals surface area contributed by atoms with Gasteiger partial charge in [0.05, 0.1) is 0 Å². The molecule has 0 fully saturated rings. The second-order valence-electron chi connectivity index (χ2n) is 5.33. The van der Waals surface area contributed by atoms with Crippen LogP contribution in [0, 0.1) is 6.92 Å². The molecule has 4 heteroatoms. The third-order valence-corrected chi connectivity index (χ3v) is 2.84. The number of rotatable bonds is 4. The maximum absolute atomic E-state index is 10.8. The van der Waals surface area contributed by atoms with Gasteiger partial charge < -0.3 is 11.1 Å². The number of aryl methyl sites for hydroxylation is 1. The molecule has 0 atom stereocenters. The first-order chi connectivity index (χ1) is 13.8. The summed E-state index contributed by atoms with van der Waals surface area (Å²) in [5.41, 5.74) is 7.65. The standard InChI is InChI=1S/C9H10N2O2.C8H12.C4H10.2C2H6/c1-6-2-4-7(5-3-6)11-9(13)8(10)12;1-4-6-8(3)7-5-2;1-3-4-2;2*1-2/h2-5H,1H3,(H2,10,12)(H,11,13);4-7H,1H2,2-3H3;3-4H2,1-2H3;2*1-2H3/b;7-5-,8-6-;;;. The number of nitrogens with two attached hydrogens (primary N) is 1. The van der Waals surface area contributed by atoms with Crippen molar-refractivity contribution in [2.45, 2.75) is 75.2 Å². The number of benzene rings is 1. The zero-order valence-corrected chi connectivity index (χ0v) is 20.1. The number of carbonyl (C=O) groups is 2. The minimum Gasteiger partial charge on any atom is -0.361 e. The Balaban J connectivity index is -0.000000167. The van der Waals surface area contributed by atoms with Gasteiger partial charge in [0, 0.05) is 5.69 Å². The van der Waals surface area contributed by atoms with Crippen LogP contribution >= 0.6 is 0 Å². The summed E-state index contributed by atoms with van der Waals surface area (Å²) in [6.45, 7) is 21.9. The molecule has 2 amide bonds. The maximum Gasteiger partial charge on any atom is 0.313 e. The van der Waals surface area contributed by atoms with Gasteiger partial charge in [0.1, 0.15) is 0 Å². The Kier molecular flexibility index (Phi) is 32.3. The van der Waals surface area contributed by atoms with Gasteiger partial charge >= 0.3 is 11.8 Å². The summed E-state index contributed by atoms with van der Waals surface area (Å²) in [5, 5.41) is 2.36. The molecule has 0 bridgehead atoms. The molecule has 0 radical (unpaired) electrons. The van der Waals surface area contributed by atoms with E-state index in [2.05, 4.69) is 25.7 Å². The second kappa shape index (κ2) is 27.6. The van der Waals surface area contributed by atoms with Crippen molar-refractivity contribution in [1.29, 1.82) is 0 Å². The van der Waals surface area contributed by atoms with E-state index in [0.717, 1.165) is 5.56 Å². The van der Waals surface area contributed by atoms with Crippen LogP contribution in [0.3, 0.4) is 0 Å². The van der Waals surface area contributed by atoms with E-state index in [-0.39, 0.29) is 0 Å². The summed E-state index contributed by atoms with van der Waals surface area (Å²) in [5.74, 6) is -1.79. The van der Waals surface area contributed by atoms with Gasteiger partial charge in [-0.1, -0.05) is 109 Å². The first-order valence-corrected chi connectivity index (χ1v) is 10.4. The van der Waals surface area contributed by atoms with Crippen molar-refractivity contribution in [3.63, 3.8) is 0 Å². The van der Waals surface area contributed by atoms with Crippen molar-refractivity contribution in [2.24, 2.45) is 5.73 Å². The normalized spacial score (nSPS) is 9.07. The van der Waals surface area contributed by atoms with Gasteiger partial charge in [-0.2, -0.15) is 0 Å². The number of hydrogen-bond acceptors (Lipinski definition) is 2. The number of allylic oxidation sites excluding steroid dienone is 5. The summed E-state index contributed by atoms with van der Waals surface area (Å²) in [4.78, 5) is 21.2. The van der Waals surface area contributed by atoms with Crippen LogP contribution in [0.5, 0.6) is 0 Å². The predicted molar refractivity (Wildman–Crippen MR) is 131 cm³/mol. The van der Waals surface area contributed by atoms with E-state index in [1.807, 2.05) is 78.8 Å². The van der Waals surface area contributed by atoms with Crippen molar-refractivity contribution < 1.29 is 9.59 Å². The van der Waals surface area contributed by atoms with E-state index in [0.29, 0.717) is 5.69 Å². The second-order valence-corrected chi connectivity index (χ2v) is 5.33. The Labute approximate surface area is 180 Å². The molecule has 0 aliphatic rings. The van der Waals surface area contributed by atoms with Gasteiger partial charge in [-0.25, -0.2) is 0 Å². The molecule has 0 saturated heterocycles. The molecule has 0 unspecified atom stereocenters. The largest absolute Gasteiger partial charge is 0.361 e. The molecule has 166 valence electrons. The smallest absolute Gasteiger partial charge is 0.313 e. The van der Waals surface area contributed by atoms with E-state index in [1.165, 1.54) is 18.4 Å². The fraction of sp³-hybridized carbons (Fsp3) is 0.440. The van der Waals surface area contributed by atoms with E-state index in [1.54, 1.807) is 18.2 Å². The summed E-state index contributed by atoms with van der Waals surface area (Å²) in [7, 11) is 0. The number of anilines is 1. The molecule has 0 aliphatic heterocycles. The average Bonchev–Trinajstić information content (AvgIpc) is 2.73. The number of unbranched alkanes of at least 4 members (excludes halogenated alkanes) is 1. The molecule has 1 aromatic rings. The Morgan fingerprint density at radius 2 is 1.48 bits per heavy atom. The third kappa shape index (κ3) is 27.7. The fourth-order valence-electron chi connectivity index (χ4n) is 1.33. The summed E-state index contributed by atoms with van der Waals surface area (Å²) < 4.78 is 0. The van der Waals surface area contributed by atoms with Crippen LogP contribution in [0.25, 0.3) is 0 Å². The van der Waals surface area contributed by atoms with Crippen LogP contribution in [0.1, 0.15) is 73.8 Å². The monoisotopic (exact) mass is 404 g/mol. The molecule has 1 aromatic carbocycles. The van der Waals surface area contributed by atoms with Crippen LogP contribution in [0.15, 0.2) is 60.7 Å². The van der Waals surface area contributed by atoms with Gasteiger partial charge in [0.25, 0.3) is 0 Å². The molecular weight excluding hydrogens is 360 g/mol. The predicted octanol–water partition coefficient (Wildman–Crippen LogP) is 6.97. The summed E-state index contributed by atoms with van der Waals surface area (Å²) >= 11 is 0. The number of nitrogens with one attached hydrogen (secondary N) is 1. The number of carbonyl (C=O) groups excluding carboxylic acids is 2. The van der Waals surface area contributed by atoms with Crippen LogP contribution < -0.4 is 11.1 Å². The highest BCUT2D eigenvalue weighted by atomic mass is 16.2. The van der Waals surface area contributed by atoms with Crippen LogP contribution in [-0.2, 0) is 9.59 Å². The molecule has 4 nitrogen and oxygen atoms in total. The van der Waals surface area contributed by atoms with Crippen molar-refractivity contribution in [3.8, 4) is 0 Å². The lowest BCUT2D eigenvalue weighted by molar-refractivity contribution is -0.134. The van der Waals surface area contributed by atoms with Crippen molar-refractivity contribution in [2.75, 3.05) is 5.32 Å². The Hall–Kier alpha value is -2.62. The highest BCUT2D eigenvalue weighted by Gasteiger charge is 2.07. The van der Waals surface area contributed by atoms with Crippen molar-refractivity contribution in [1.82, 2.24) is 0 Å². The SMILES string of the molecule is C=C/C=C(C)\C=C/C.CC.CC.CCCC.Cc1ccc(NC(=O)C(N)=O)cc1.